The van der Waals surface area contributed by atoms with Gasteiger partial charge in [-0.05, 0) is 51.4 Å². The van der Waals surface area contributed by atoms with Crippen molar-refractivity contribution in [1.29, 1.82) is 0 Å². The number of carboxylic acid groups (broad SMARTS) is 2. The van der Waals surface area contributed by atoms with Gasteiger partial charge in [0.1, 0.15) is 0 Å². The molecular weight excluding hydrogens is 893 g/mol. The molecule has 0 spiro atoms. The predicted molar refractivity (Wildman–Crippen MR) is 324 cm³/mol. The molecule has 4 heteroatoms. The van der Waals surface area contributed by atoms with Crippen molar-refractivity contribution in [3.05, 3.63) is 36.5 Å². The van der Waals surface area contributed by atoms with E-state index >= 15 is 0 Å². The van der Waals surface area contributed by atoms with Crippen molar-refractivity contribution in [3.8, 4) is 0 Å². The largest absolute Gasteiger partial charge is 0.478 e. The minimum Gasteiger partial charge on any atom is -0.478 e. The molecule has 0 aliphatic rings. The van der Waals surface area contributed by atoms with Gasteiger partial charge in [-0.1, -0.05) is 365 Å². The first-order chi connectivity index (χ1) is 36.1. The summed E-state index contributed by atoms with van der Waals surface area (Å²) in [4.78, 5) is 20.9. The van der Waals surface area contributed by atoms with E-state index in [0.29, 0.717) is 0 Å². The third-order valence-electron chi connectivity index (χ3n) is 15.9. The Morgan fingerprint density at radius 1 is 0.164 bits per heavy atom. The number of carbonyl (C=O) groups is 2. The zero-order valence-corrected chi connectivity index (χ0v) is 49.3. The van der Waals surface area contributed by atoms with Crippen molar-refractivity contribution in [1.82, 2.24) is 0 Å². The third kappa shape index (κ3) is 70.2. The number of unbranched alkanes of at least 4 members (excludes halogenated alkanes) is 59. The van der Waals surface area contributed by atoms with E-state index in [9.17, 15) is 9.59 Å². The summed E-state index contributed by atoms with van der Waals surface area (Å²) in [6.45, 7) is 0. The Labute approximate surface area is 457 Å². The molecule has 430 valence electrons. The van der Waals surface area contributed by atoms with Gasteiger partial charge in [0.05, 0.1) is 0 Å². The van der Waals surface area contributed by atoms with E-state index in [1.165, 1.54) is 378 Å². The lowest BCUT2D eigenvalue weighted by atomic mass is 10.0. The van der Waals surface area contributed by atoms with Crippen LogP contribution >= 0.6 is 0 Å². The zero-order valence-electron chi connectivity index (χ0n) is 49.3. The SMILES string of the molecule is O=C(O)C=CCCCCCCC=CCCCCCCCCCCCCCCCCCCCCCCCCCCCCCCCCCCCCCCCCCCCCCCCCCCCCCCCC=CC(=O)O. The highest BCUT2D eigenvalue weighted by Gasteiger charge is 2.00. The average molecular weight is 1020 g/mol. The Bertz CT molecular complexity index is 1140. The van der Waals surface area contributed by atoms with Crippen LogP contribution < -0.4 is 0 Å². The summed E-state index contributed by atoms with van der Waals surface area (Å²) < 4.78 is 0. The molecule has 0 aromatic rings. The molecule has 0 saturated heterocycles. The van der Waals surface area contributed by atoms with Crippen LogP contribution in [0.25, 0.3) is 0 Å². The Morgan fingerprint density at radius 3 is 0.370 bits per heavy atom. The van der Waals surface area contributed by atoms with Gasteiger partial charge in [0.15, 0.2) is 0 Å². The van der Waals surface area contributed by atoms with Crippen molar-refractivity contribution in [2.24, 2.45) is 0 Å². The molecule has 0 aromatic heterocycles. The molecule has 0 atom stereocenters. The van der Waals surface area contributed by atoms with E-state index in [1.807, 2.05) is 0 Å². The van der Waals surface area contributed by atoms with E-state index < -0.39 is 11.9 Å². The first kappa shape index (κ1) is 71.2. The molecule has 0 saturated carbocycles. The Balaban J connectivity index is 3.11. The van der Waals surface area contributed by atoms with E-state index in [2.05, 4.69) is 12.2 Å². The predicted octanol–water partition coefficient (Wildman–Crippen LogP) is 24.6. The van der Waals surface area contributed by atoms with Gasteiger partial charge in [-0.3, -0.25) is 0 Å². The lowest BCUT2D eigenvalue weighted by molar-refractivity contribution is -0.132. The summed E-state index contributed by atoms with van der Waals surface area (Å²) in [6, 6.07) is 0. The highest BCUT2D eigenvalue weighted by molar-refractivity contribution is 5.79. The fourth-order valence-electron chi connectivity index (χ4n) is 11.0. The van der Waals surface area contributed by atoms with Gasteiger partial charge in [-0.2, -0.15) is 0 Å². The second-order valence-corrected chi connectivity index (χ2v) is 23.3. The van der Waals surface area contributed by atoms with E-state index in [0.717, 1.165) is 25.7 Å². The van der Waals surface area contributed by atoms with Crippen LogP contribution in [-0.4, -0.2) is 22.2 Å². The van der Waals surface area contributed by atoms with Crippen LogP contribution in [-0.2, 0) is 9.59 Å². The minimum absolute atomic E-state index is 0.828. The van der Waals surface area contributed by atoms with Crippen LogP contribution in [0.2, 0.25) is 0 Å². The van der Waals surface area contributed by atoms with Crippen molar-refractivity contribution >= 4 is 11.9 Å². The summed E-state index contributed by atoms with van der Waals surface area (Å²) in [6.07, 6.45) is 96.4. The molecule has 73 heavy (non-hydrogen) atoms. The molecule has 2 N–H and O–H groups in total. The van der Waals surface area contributed by atoms with Crippen molar-refractivity contribution in [2.75, 3.05) is 0 Å². The number of allylic oxidation sites excluding steroid dienone is 4. The maximum absolute atomic E-state index is 10.5. The van der Waals surface area contributed by atoms with Crippen LogP contribution in [0, 0.1) is 0 Å². The first-order valence-corrected chi connectivity index (χ1v) is 33.6. The lowest BCUT2D eigenvalue weighted by Gasteiger charge is -2.05. The van der Waals surface area contributed by atoms with Crippen LogP contribution in [0.4, 0.5) is 0 Å². The fourth-order valence-corrected chi connectivity index (χ4v) is 11.0. The quantitative estimate of drug-likeness (QED) is 0.0362. The van der Waals surface area contributed by atoms with Gasteiger partial charge in [-0.25, -0.2) is 9.59 Å². The van der Waals surface area contributed by atoms with Gasteiger partial charge in [0.25, 0.3) is 0 Å². The van der Waals surface area contributed by atoms with Crippen molar-refractivity contribution in [2.45, 2.75) is 392 Å². The topological polar surface area (TPSA) is 74.6 Å². The normalized spacial score (nSPS) is 11.9. The summed E-state index contributed by atoms with van der Waals surface area (Å²) in [5.74, 6) is -1.66. The molecular formula is C69H130O4. The number of hydrogen-bond acceptors (Lipinski definition) is 2. The van der Waals surface area contributed by atoms with Gasteiger partial charge in [0, 0.05) is 12.2 Å². The maximum Gasteiger partial charge on any atom is 0.327 e. The maximum atomic E-state index is 10.5. The monoisotopic (exact) mass is 1020 g/mol. The average Bonchev–Trinajstić information content (AvgIpc) is 3.38. The summed E-state index contributed by atoms with van der Waals surface area (Å²) in [5.41, 5.74) is 0. The molecule has 0 amide bonds. The van der Waals surface area contributed by atoms with Crippen LogP contribution in [0.5, 0.6) is 0 Å². The van der Waals surface area contributed by atoms with Gasteiger partial charge >= 0.3 is 11.9 Å². The van der Waals surface area contributed by atoms with E-state index in [-0.39, 0.29) is 0 Å². The number of carboxylic acids is 2. The molecule has 4 nitrogen and oxygen atoms in total. The Kier molecular flexibility index (Phi) is 64.6. The zero-order chi connectivity index (χ0) is 52.5. The van der Waals surface area contributed by atoms with Crippen molar-refractivity contribution < 1.29 is 19.8 Å². The van der Waals surface area contributed by atoms with Crippen LogP contribution in [0.1, 0.15) is 392 Å². The second kappa shape index (κ2) is 66.3. The first-order valence-electron chi connectivity index (χ1n) is 33.6. The standard InChI is InChI=1S/C69H130O4/c70-68(71)66-64-62-60-58-56-54-52-50-48-46-44-42-40-38-36-34-32-30-28-26-24-22-20-18-16-14-12-10-8-6-4-2-1-3-5-7-9-11-13-15-17-19-21-23-25-27-29-31-33-35-37-39-41-43-45-47-49-51-53-55-57-59-61-63-65-67-69(72)73/h48,50,64-67H,1-47,49,51-63H2,(H,70,71)(H,72,73). The molecule has 0 aromatic carbocycles. The number of aliphatic carboxylic acids is 2. The van der Waals surface area contributed by atoms with Crippen LogP contribution in [0.15, 0.2) is 36.5 Å². The highest BCUT2D eigenvalue weighted by atomic mass is 16.4. The molecule has 0 unspecified atom stereocenters. The van der Waals surface area contributed by atoms with E-state index in [4.69, 9.17) is 10.2 Å². The molecule has 0 rings (SSSR count). The summed E-state index contributed by atoms with van der Waals surface area (Å²) in [7, 11) is 0. The van der Waals surface area contributed by atoms with E-state index in [1.54, 1.807) is 12.2 Å². The number of rotatable bonds is 65. The Morgan fingerprint density at radius 2 is 0.260 bits per heavy atom. The van der Waals surface area contributed by atoms with Crippen molar-refractivity contribution in [3.63, 3.8) is 0 Å². The number of hydrogen-bond donors (Lipinski definition) is 2. The van der Waals surface area contributed by atoms with Gasteiger partial charge in [-0.15, -0.1) is 0 Å². The molecule has 0 heterocycles. The smallest absolute Gasteiger partial charge is 0.327 e. The second-order valence-electron chi connectivity index (χ2n) is 23.3. The van der Waals surface area contributed by atoms with Gasteiger partial charge < -0.3 is 10.2 Å². The molecule has 0 radical (unpaired) electrons. The molecule has 0 bridgehead atoms. The molecule has 0 aliphatic heterocycles. The highest BCUT2D eigenvalue weighted by Crippen LogP contribution is 2.20. The summed E-state index contributed by atoms with van der Waals surface area (Å²) >= 11 is 0. The minimum atomic E-state index is -0.837. The van der Waals surface area contributed by atoms with Gasteiger partial charge in [0.2, 0.25) is 0 Å². The lowest BCUT2D eigenvalue weighted by Crippen LogP contribution is -1.86. The fraction of sp³-hybridized carbons (Fsp3) is 0.884. The molecule has 0 fully saturated rings. The van der Waals surface area contributed by atoms with Crippen LogP contribution in [0.3, 0.4) is 0 Å². The molecule has 0 aliphatic carbocycles. The summed E-state index contributed by atoms with van der Waals surface area (Å²) in [5, 5.41) is 17.2. The Hall–Kier alpha value is -1.84. The third-order valence-corrected chi connectivity index (χ3v) is 15.9.